The molecule has 41 nitrogen and oxygen atoms in total. The van der Waals surface area contributed by atoms with E-state index in [-0.39, 0.29) is 163 Å². The van der Waals surface area contributed by atoms with Gasteiger partial charge in [0.25, 0.3) is 0 Å². The van der Waals surface area contributed by atoms with Crippen molar-refractivity contribution in [3.63, 3.8) is 0 Å². The molecule has 0 atom stereocenters. The van der Waals surface area contributed by atoms with Gasteiger partial charge in [-0.3, -0.25) is 95.9 Å². The molecule has 13 N–H and O–H groups in total. The van der Waals surface area contributed by atoms with Crippen molar-refractivity contribution in [1.29, 1.82) is 0 Å². The summed E-state index contributed by atoms with van der Waals surface area (Å²) >= 11 is 0. The molecule has 0 aliphatic rings. The SMILES string of the molecule is CC(=O)N(CCNC(=O)CN(CCNC(=O)CN(CCNC(=O)CN(CCNC(=O)CN(CCNC(=O)CN(CCNC(=O)CN(CCNC(=O)CN(CCNC(=O)CN(CCNC(=O)CN(CCN)C(C)=O)C(C)=O)C(C)=O)C(C)=O)C(C)=O)C(C)=O)C(C)=O)C(C)=O)C(C)=O)CC(N)=O. The molecule has 0 fully saturated rings. The third-order valence-electron chi connectivity index (χ3n) is 14.5. The van der Waals surface area contributed by atoms with Crippen LogP contribution in [0.3, 0.4) is 0 Å². The maximum atomic E-state index is 12.9. The van der Waals surface area contributed by atoms with Crippen LogP contribution >= 0.6 is 0 Å². The molecule has 0 aromatic rings. The number of rotatable bonds is 49. The number of primary amides is 1. The molecule has 41 heteroatoms. The first kappa shape index (κ1) is 90.4. The third-order valence-corrected chi connectivity index (χ3v) is 14.5. The van der Waals surface area contributed by atoms with E-state index in [0.717, 1.165) is 39.2 Å². The Morgan fingerprint density at radius 2 is 0.307 bits per heavy atom. The van der Waals surface area contributed by atoms with Gasteiger partial charge in [-0.05, 0) is 0 Å². The lowest BCUT2D eigenvalue weighted by Crippen LogP contribution is -2.49. The van der Waals surface area contributed by atoms with Crippen LogP contribution in [-0.4, -0.2) is 363 Å². The Kier molecular flexibility index (Phi) is 44.6. The second-order valence-corrected chi connectivity index (χ2v) is 22.8. The second kappa shape index (κ2) is 49.8. The minimum Gasteiger partial charge on any atom is -0.368 e. The molecule has 0 aliphatic heterocycles. The lowest BCUT2D eigenvalue weighted by atomic mass is 10.3. The molecule has 0 aliphatic carbocycles. The number of hydrogen-bond donors (Lipinski definition) is 11. The van der Waals surface area contributed by atoms with E-state index in [0.29, 0.717) is 0 Å². The van der Waals surface area contributed by atoms with Gasteiger partial charge in [0.1, 0.15) is 0 Å². The molecule has 0 unspecified atom stereocenters. The van der Waals surface area contributed by atoms with Crippen molar-refractivity contribution in [3.8, 4) is 0 Å². The highest BCUT2D eigenvalue weighted by Gasteiger charge is 2.24. The lowest BCUT2D eigenvalue weighted by molar-refractivity contribution is -0.136. The van der Waals surface area contributed by atoms with Gasteiger partial charge in [0, 0.05) is 200 Å². The monoisotopic (exact) mass is 1440 g/mol. The largest absolute Gasteiger partial charge is 0.368 e. The molecule has 0 saturated heterocycles. The summed E-state index contributed by atoms with van der Waals surface area (Å²) in [7, 11) is 0. The van der Waals surface area contributed by atoms with Crippen LogP contribution in [0.5, 0.6) is 0 Å². The summed E-state index contributed by atoms with van der Waals surface area (Å²) in [6, 6.07) is 0. The molecule has 0 heterocycles. The van der Waals surface area contributed by atoms with Gasteiger partial charge in [-0.2, -0.15) is 0 Å². The van der Waals surface area contributed by atoms with E-state index in [1.54, 1.807) is 0 Å². The van der Waals surface area contributed by atoms with E-state index < -0.39 is 152 Å². The predicted octanol–water partition coefficient (Wildman–Crippen LogP) is -11.0. The zero-order valence-corrected chi connectivity index (χ0v) is 59.5. The Hall–Kier alpha value is -10.6. The topological polar surface area (TPSA) is 534 Å². The molecule has 101 heavy (non-hydrogen) atoms. The molecule has 568 valence electrons. The quantitative estimate of drug-likeness (QED) is 0.0269. The fourth-order valence-corrected chi connectivity index (χ4v) is 8.86. The number of hydrogen-bond acceptors (Lipinski definition) is 21. The molecule has 20 amide bonds. The average molecular weight is 1440 g/mol. The van der Waals surface area contributed by atoms with Crippen molar-refractivity contribution in [2.24, 2.45) is 11.5 Å². The van der Waals surface area contributed by atoms with Crippen molar-refractivity contribution in [3.05, 3.63) is 0 Å². The molecule has 0 spiro atoms. The van der Waals surface area contributed by atoms with Crippen molar-refractivity contribution >= 4 is 118 Å². The zero-order valence-electron chi connectivity index (χ0n) is 59.5. The standard InChI is InChI=1S/C60H103N21O20/c1-41(82)72(21-11-61)32-52(93)64-13-23-74(43(3)84)34-54(95)66-15-25-76(45(5)86)36-56(97)68-17-27-78(47(7)88)38-58(99)70-19-29-80(49(9)90)40-60(101)71-20-30-81(50(10)91)39-59(100)69-18-28-79(48(8)89)37-57(98)67-16-26-77(46(6)87)35-55(96)65-14-24-75(44(4)85)33-53(94)63-12-22-73(42(2)83)31-51(62)92/h11-40,61H2,1-10H3,(H2,62,92)(H,63,94)(H,64,93)(H,65,96)(H,66,95)(H,67,98)(H,68,97)(H,69,100)(H,70,99)(H,71,101). The van der Waals surface area contributed by atoms with E-state index in [1.807, 2.05) is 0 Å². The Balaban J connectivity index is 4.94. The Morgan fingerprint density at radius 3 is 0.406 bits per heavy atom. The smallest absolute Gasteiger partial charge is 0.239 e. The van der Waals surface area contributed by atoms with Crippen LogP contribution in [0.4, 0.5) is 0 Å². The van der Waals surface area contributed by atoms with Gasteiger partial charge in [-0.1, -0.05) is 0 Å². The fraction of sp³-hybridized carbons (Fsp3) is 0.667. The number of carbonyl (C=O) groups excluding carboxylic acids is 20. The van der Waals surface area contributed by atoms with E-state index in [4.69, 9.17) is 11.5 Å². The molecular formula is C60H103N21O20. The predicted molar refractivity (Wildman–Crippen MR) is 358 cm³/mol. The van der Waals surface area contributed by atoms with E-state index in [2.05, 4.69) is 47.9 Å². The highest BCUT2D eigenvalue weighted by Crippen LogP contribution is 1.99. The second-order valence-electron chi connectivity index (χ2n) is 22.8. The van der Waals surface area contributed by atoms with Crippen LogP contribution < -0.4 is 59.3 Å². The zero-order chi connectivity index (χ0) is 76.9. The molecule has 0 aromatic heterocycles. The molecule has 0 saturated carbocycles. The lowest BCUT2D eigenvalue weighted by Gasteiger charge is -2.24. The van der Waals surface area contributed by atoms with Crippen LogP contribution in [-0.2, 0) is 95.9 Å². The maximum absolute atomic E-state index is 12.9. The minimum atomic E-state index is -0.734. The maximum Gasteiger partial charge on any atom is 0.239 e. The Labute approximate surface area is 586 Å². The van der Waals surface area contributed by atoms with Gasteiger partial charge in [0.05, 0.1) is 65.4 Å². The first-order valence-electron chi connectivity index (χ1n) is 32.3. The third kappa shape index (κ3) is 42.7. The highest BCUT2D eigenvalue weighted by atomic mass is 16.2. The van der Waals surface area contributed by atoms with Crippen molar-refractivity contribution in [2.75, 3.05) is 196 Å². The van der Waals surface area contributed by atoms with Gasteiger partial charge in [-0.15, -0.1) is 0 Å². The van der Waals surface area contributed by atoms with Gasteiger partial charge in [0.2, 0.25) is 118 Å². The van der Waals surface area contributed by atoms with E-state index in [1.165, 1.54) is 79.0 Å². The Bertz CT molecular complexity index is 2920. The van der Waals surface area contributed by atoms with Gasteiger partial charge in [-0.25, -0.2) is 0 Å². The molecule has 0 aromatic carbocycles. The van der Waals surface area contributed by atoms with Crippen molar-refractivity contribution in [2.45, 2.75) is 69.2 Å². The normalized spacial score (nSPS) is 10.4. The van der Waals surface area contributed by atoms with Crippen LogP contribution in [0, 0.1) is 0 Å². The van der Waals surface area contributed by atoms with E-state index in [9.17, 15) is 95.9 Å². The summed E-state index contributed by atoms with van der Waals surface area (Å²) in [6.45, 7) is 6.78. The van der Waals surface area contributed by atoms with Gasteiger partial charge >= 0.3 is 0 Å². The van der Waals surface area contributed by atoms with E-state index >= 15 is 0 Å². The molecule has 0 rings (SSSR count). The summed E-state index contributed by atoms with van der Waals surface area (Å²) < 4.78 is 0. The van der Waals surface area contributed by atoms with Crippen LogP contribution in [0.15, 0.2) is 0 Å². The van der Waals surface area contributed by atoms with Crippen molar-refractivity contribution < 1.29 is 95.9 Å². The highest BCUT2D eigenvalue weighted by molar-refractivity contribution is 5.90. The molecule has 0 radical (unpaired) electrons. The first-order valence-corrected chi connectivity index (χ1v) is 32.3. The number of nitrogens with one attached hydrogen (secondary N) is 9. The Morgan fingerprint density at radius 1 is 0.198 bits per heavy atom. The number of amides is 20. The minimum absolute atomic E-state index is 0.00369. The summed E-state index contributed by atoms with van der Waals surface area (Å²) in [6.07, 6.45) is 0. The van der Waals surface area contributed by atoms with Crippen LogP contribution in [0.25, 0.3) is 0 Å². The summed E-state index contributed by atoms with van der Waals surface area (Å²) in [5.41, 5.74) is 10.6. The summed E-state index contributed by atoms with van der Waals surface area (Å²) in [5.74, 6) is -11.0. The number of carbonyl (C=O) groups is 20. The number of nitrogens with two attached hydrogens (primary N) is 2. The molecule has 0 bridgehead atoms. The van der Waals surface area contributed by atoms with Gasteiger partial charge < -0.3 is 108 Å². The number of nitrogens with zero attached hydrogens (tertiary/aromatic N) is 10. The van der Waals surface area contributed by atoms with Crippen molar-refractivity contribution in [1.82, 2.24) is 96.9 Å². The van der Waals surface area contributed by atoms with Crippen LogP contribution in [0.2, 0.25) is 0 Å². The first-order chi connectivity index (χ1) is 47.4. The summed E-state index contributed by atoms with van der Waals surface area (Å²) in [5, 5.41) is 23.0. The molecular weight excluding hydrogens is 1330 g/mol. The average Bonchev–Trinajstić information content (AvgIpc) is 1.09. The van der Waals surface area contributed by atoms with Gasteiger partial charge in [0.15, 0.2) is 0 Å². The van der Waals surface area contributed by atoms with Crippen LogP contribution in [0.1, 0.15) is 69.2 Å². The summed E-state index contributed by atoms with van der Waals surface area (Å²) in [4.78, 5) is 259. The fourth-order valence-electron chi connectivity index (χ4n) is 8.86.